The Morgan fingerprint density at radius 1 is 1.67 bits per heavy atom. The number of ketones is 1. The van der Waals surface area contributed by atoms with Gasteiger partial charge in [-0.15, -0.1) is 0 Å². The van der Waals surface area contributed by atoms with Crippen LogP contribution < -0.4 is 0 Å². The van der Waals surface area contributed by atoms with Crippen LogP contribution in [0.1, 0.15) is 33.1 Å². The van der Waals surface area contributed by atoms with E-state index in [2.05, 4.69) is 10.0 Å². The minimum Gasteiger partial charge on any atom is -0.300 e. The Bertz CT molecular complexity index is 241. The Kier molecular flexibility index (Phi) is 2.38. The number of hydrogen-bond acceptors (Lipinski definition) is 2. The Morgan fingerprint density at radius 2 is 2.33 bits per heavy atom. The molecule has 1 atom stereocenters. The lowest BCUT2D eigenvalue weighted by molar-refractivity contribution is -0.122. The van der Waals surface area contributed by atoms with Crippen molar-refractivity contribution in [3.63, 3.8) is 0 Å². The molecule has 0 aliphatic heterocycles. The van der Waals surface area contributed by atoms with Crippen molar-refractivity contribution in [2.45, 2.75) is 39.2 Å². The molecule has 4 nitrogen and oxygen atoms in total. The number of carbonyl (C=O) groups is 1. The first kappa shape index (κ1) is 9.07. The summed E-state index contributed by atoms with van der Waals surface area (Å²) >= 11 is 0. The van der Waals surface area contributed by atoms with Crippen LogP contribution in [0.4, 0.5) is 0 Å². The molecule has 12 heavy (non-hydrogen) atoms. The molecule has 1 aliphatic carbocycles. The molecule has 1 fully saturated rings. The standard InChI is InChI=1S/C8H13N3O/c1-8(2)4-3-6(12)5-7(8)10-11-9/h7H,3-5H2,1-2H3. The molecule has 1 unspecified atom stereocenters. The van der Waals surface area contributed by atoms with Crippen LogP contribution in [0.15, 0.2) is 5.11 Å². The molecule has 0 spiro atoms. The summed E-state index contributed by atoms with van der Waals surface area (Å²) in [7, 11) is 0. The summed E-state index contributed by atoms with van der Waals surface area (Å²) in [6.07, 6.45) is 1.87. The first-order valence-corrected chi connectivity index (χ1v) is 4.12. The maximum absolute atomic E-state index is 11.1. The van der Waals surface area contributed by atoms with Gasteiger partial charge in [0.05, 0.1) is 0 Å². The van der Waals surface area contributed by atoms with E-state index >= 15 is 0 Å². The summed E-state index contributed by atoms with van der Waals surface area (Å²) in [6, 6.07) is -0.149. The minimum absolute atomic E-state index is 0.0137. The molecule has 0 saturated heterocycles. The van der Waals surface area contributed by atoms with E-state index in [0.717, 1.165) is 6.42 Å². The lowest BCUT2D eigenvalue weighted by atomic mass is 9.73. The summed E-state index contributed by atoms with van der Waals surface area (Å²) in [5.41, 5.74) is 8.27. The van der Waals surface area contributed by atoms with Crippen LogP contribution in [0.3, 0.4) is 0 Å². The van der Waals surface area contributed by atoms with Crippen LogP contribution in [-0.4, -0.2) is 11.8 Å². The SMILES string of the molecule is CC1(C)CCC(=O)CC1N=[N+]=[N-]. The van der Waals surface area contributed by atoms with Crippen LogP contribution in [0.2, 0.25) is 0 Å². The van der Waals surface area contributed by atoms with Gasteiger partial charge in [0.15, 0.2) is 0 Å². The molecule has 0 amide bonds. The summed E-state index contributed by atoms with van der Waals surface area (Å²) in [5, 5.41) is 3.65. The molecule has 0 heterocycles. The molecule has 0 aromatic rings. The first-order chi connectivity index (χ1) is 5.56. The predicted molar refractivity (Wildman–Crippen MR) is 45.6 cm³/mol. The van der Waals surface area contributed by atoms with E-state index in [4.69, 9.17) is 5.53 Å². The van der Waals surface area contributed by atoms with Crippen LogP contribution in [0, 0.1) is 5.41 Å². The Balaban J connectivity index is 2.78. The van der Waals surface area contributed by atoms with E-state index in [9.17, 15) is 4.79 Å². The molecule has 0 N–H and O–H groups in total. The molecule has 0 aromatic heterocycles. The Labute approximate surface area is 71.6 Å². The van der Waals surface area contributed by atoms with Gasteiger partial charge in [0.2, 0.25) is 0 Å². The van der Waals surface area contributed by atoms with E-state index in [1.807, 2.05) is 13.8 Å². The van der Waals surface area contributed by atoms with E-state index in [-0.39, 0.29) is 17.2 Å². The second-order valence-electron chi connectivity index (χ2n) is 3.95. The van der Waals surface area contributed by atoms with E-state index in [1.54, 1.807) is 0 Å². The van der Waals surface area contributed by atoms with Crippen molar-refractivity contribution in [3.05, 3.63) is 10.4 Å². The number of carbonyl (C=O) groups excluding carboxylic acids is 1. The van der Waals surface area contributed by atoms with Gasteiger partial charge < -0.3 is 0 Å². The quantitative estimate of drug-likeness (QED) is 0.336. The first-order valence-electron chi connectivity index (χ1n) is 4.12. The molecular weight excluding hydrogens is 154 g/mol. The normalized spacial score (nSPS) is 27.8. The van der Waals surface area contributed by atoms with Gasteiger partial charge in [-0.05, 0) is 17.4 Å². The number of hydrogen-bond donors (Lipinski definition) is 0. The smallest absolute Gasteiger partial charge is 0.133 e. The van der Waals surface area contributed by atoms with Gasteiger partial charge in [-0.1, -0.05) is 19.0 Å². The van der Waals surface area contributed by atoms with Crippen molar-refractivity contribution in [3.8, 4) is 0 Å². The van der Waals surface area contributed by atoms with Crippen molar-refractivity contribution in [1.82, 2.24) is 0 Å². The summed E-state index contributed by atoms with van der Waals surface area (Å²) in [5.74, 6) is 0.215. The molecule has 4 heteroatoms. The summed E-state index contributed by atoms with van der Waals surface area (Å²) < 4.78 is 0. The molecule has 1 rings (SSSR count). The molecule has 0 radical (unpaired) electrons. The lowest BCUT2D eigenvalue weighted by Crippen LogP contribution is -2.34. The minimum atomic E-state index is -0.149. The van der Waals surface area contributed by atoms with E-state index in [0.29, 0.717) is 12.8 Å². The predicted octanol–water partition coefficient (Wildman–Crippen LogP) is 2.44. The number of nitrogens with zero attached hydrogens (tertiary/aromatic N) is 3. The summed E-state index contributed by atoms with van der Waals surface area (Å²) in [4.78, 5) is 13.8. The van der Waals surface area contributed by atoms with Gasteiger partial charge in [-0.25, -0.2) is 0 Å². The highest BCUT2D eigenvalue weighted by atomic mass is 16.1. The van der Waals surface area contributed by atoms with Gasteiger partial charge in [-0.3, -0.25) is 4.79 Å². The van der Waals surface area contributed by atoms with Crippen LogP contribution in [0.5, 0.6) is 0 Å². The third kappa shape index (κ3) is 1.77. The van der Waals surface area contributed by atoms with Crippen molar-refractivity contribution < 1.29 is 4.79 Å². The topological polar surface area (TPSA) is 65.8 Å². The van der Waals surface area contributed by atoms with Crippen molar-refractivity contribution in [2.24, 2.45) is 10.5 Å². The average Bonchev–Trinajstić information content (AvgIpc) is 1.98. The Hall–Kier alpha value is -1.02. The van der Waals surface area contributed by atoms with E-state index < -0.39 is 0 Å². The Morgan fingerprint density at radius 3 is 2.92 bits per heavy atom. The van der Waals surface area contributed by atoms with Gasteiger partial charge in [0.25, 0.3) is 0 Å². The molecule has 0 bridgehead atoms. The van der Waals surface area contributed by atoms with Gasteiger partial charge in [-0.2, -0.15) is 0 Å². The zero-order valence-corrected chi connectivity index (χ0v) is 7.45. The van der Waals surface area contributed by atoms with Crippen molar-refractivity contribution in [1.29, 1.82) is 0 Å². The fourth-order valence-electron chi connectivity index (χ4n) is 1.48. The summed E-state index contributed by atoms with van der Waals surface area (Å²) in [6.45, 7) is 4.08. The van der Waals surface area contributed by atoms with Crippen LogP contribution >= 0.6 is 0 Å². The molecule has 66 valence electrons. The highest BCUT2D eigenvalue weighted by Crippen LogP contribution is 2.36. The van der Waals surface area contributed by atoms with Crippen molar-refractivity contribution in [2.75, 3.05) is 0 Å². The number of azide groups is 1. The highest BCUT2D eigenvalue weighted by Gasteiger charge is 2.34. The average molecular weight is 167 g/mol. The molecule has 1 aliphatic rings. The fourth-order valence-corrected chi connectivity index (χ4v) is 1.48. The monoisotopic (exact) mass is 167 g/mol. The number of rotatable bonds is 1. The van der Waals surface area contributed by atoms with Crippen LogP contribution in [-0.2, 0) is 4.79 Å². The largest absolute Gasteiger partial charge is 0.300 e. The maximum atomic E-state index is 11.1. The van der Waals surface area contributed by atoms with E-state index in [1.165, 1.54) is 0 Å². The molecular formula is C8H13N3O. The third-order valence-electron chi connectivity index (χ3n) is 2.56. The van der Waals surface area contributed by atoms with Gasteiger partial charge in [0.1, 0.15) is 5.78 Å². The second-order valence-corrected chi connectivity index (χ2v) is 3.95. The highest BCUT2D eigenvalue weighted by molar-refractivity contribution is 5.80. The molecule has 0 aromatic carbocycles. The molecule has 1 saturated carbocycles. The van der Waals surface area contributed by atoms with Gasteiger partial charge in [0, 0.05) is 23.8 Å². The third-order valence-corrected chi connectivity index (χ3v) is 2.56. The van der Waals surface area contributed by atoms with Crippen LogP contribution in [0.25, 0.3) is 10.4 Å². The number of Topliss-reactive ketones (excluding diaryl/α,β-unsaturated/α-hetero) is 1. The second kappa shape index (κ2) is 3.15. The van der Waals surface area contributed by atoms with Crippen molar-refractivity contribution >= 4 is 5.78 Å². The zero-order valence-electron chi connectivity index (χ0n) is 7.45. The van der Waals surface area contributed by atoms with Gasteiger partial charge >= 0.3 is 0 Å². The fraction of sp³-hybridized carbons (Fsp3) is 0.875. The lowest BCUT2D eigenvalue weighted by Gasteiger charge is -2.34. The zero-order chi connectivity index (χ0) is 9.19. The maximum Gasteiger partial charge on any atom is 0.133 e.